The van der Waals surface area contributed by atoms with Crippen molar-refractivity contribution < 1.29 is 14.3 Å². The highest BCUT2D eigenvalue weighted by atomic mass is 16.5. The Bertz CT molecular complexity index is 405. The van der Waals surface area contributed by atoms with Gasteiger partial charge in [0.2, 0.25) is 6.08 Å². The van der Waals surface area contributed by atoms with Crippen LogP contribution in [0.4, 0.5) is 0 Å². The van der Waals surface area contributed by atoms with E-state index in [1.165, 1.54) is 17.9 Å². The lowest BCUT2D eigenvalue weighted by Crippen LogP contribution is -2.06. The van der Waals surface area contributed by atoms with E-state index in [1.54, 1.807) is 13.2 Å². The van der Waals surface area contributed by atoms with E-state index in [9.17, 15) is 9.59 Å². The molecule has 6 heteroatoms. The maximum absolute atomic E-state index is 11.3. The number of aryl methyl sites for hydroxylation is 1. The van der Waals surface area contributed by atoms with Gasteiger partial charge in [-0.05, 0) is 6.42 Å². The first-order valence-electron chi connectivity index (χ1n) is 4.33. The first-order chi connectivity index (χ1) is 7.19. The molecule has 0 aliphatic rings. The van der Waals surface area contributed by atoms with Gasteiger partial charge in [0.1, 0.15) is 0 Å². The Hall–Kier alpha value is -1.94. The third-order valence-electron chi connectivity index (χ3n) is 1.84. The van der Waals surface area contributed by atoms with Gasteiger partial charge in [-0.15, -0.1) is 0 Å². The zero-order valence-corrected chi connectivity index (χ0v) is 8.56. The van der Waals surface area contributed by atoms with Crippen molar-refractivity contribution in [3.8, 4) is 0 Å². The number of aromatic nitrogens is 2. The van der Waals surface area contributed by atoms with E-state index in [0.29, 0.717) is 18.5 Å². The molecule has 0 aliphatic carbocycles. The maximum atomic E-state index is 11.3. The van der Waals surface area contributed by atoms with Crippen LogP contribution in [0.1, 0.15) is 16.1 Å². The SMILES string of the molecule is COC(=O)c1nn(C)cc1CCN=C=O. The van der Waals surface area contributed by atoms with Crippen LogP contribution in [0.3, 0.4) is 0 Å². The molecule has 0 spiro atoms. The normalized spacial score (nSPS) is 9.47. The van der Waals surface area contributed by atoms with Crippen molar-refractivity contribution in [2.24, 2.45) is 12.0 Å². The summed E-state index contributed by atoms with van der Waals surface area (Å²) in [6.07, 6.45) is 3.61. The largest absolute Gasteiger partial charge is 0.464 e. The Morgan fingerprint density at radius 1 is 1.73 bits per heavy atom. The van der Waals surface area contributed by atoms with Crippen LogP contribution < -0.4 is 0 Å². The van der Waals surface area contributed by atoms with Gasteiger partial charge in [-0.3, -0.25) is 4.68 Å². The summed E-state index contributed by atoms with van der Waals surface area (Å²) in [5.41, 5.74) is 0.976. The van der Waals surface area contributed by atoms with Crippen molar-refractivity contribution in [2.75, 3.05) is 13.7 Å². The zero-order valence-electron chi connectivity index (χ0n) is 8.56. The molecular weight excluding hydrogens is 198 g/mol. The molecule has 0 atom stereocenters. The number of ether oxygens (including phenoxy) is 1. The van der Waals surface area contributed by atoms with Gasteiger partial charge in [-0.1, -0.05) is 0 Å². The number of hydrogen-bond donors (Lipinski definition) is 0. The van der Waals surface area contributed by atoms with Crippen molar-refractivity contribution in [3.63, 3.8) is 0 Å². The topological polar surface area (TPSA) is 73.5 Å². The number of carbonyl (C=O) groups excluding carboxylic acids is 2. The molecule has 0 unspecified atom stereocenters. The number of methoxy groups -OCH3 is 1. The fourth-order valence-corrected chi connectivity index (χ4v) is 1.21. The van der Waals surface area contributed by atoms with Gasteiger partial charge in [0, 0.05) is 18.8 Å². The Labute approximate surface area is 86.6 Å². The molecule has 1 aromatic heterocycles. The van der Waals surface area contributed by atoms with Crippen LogP contribution in [-0.2, 0) is 23.0 Å². The molecule has 6 nitrogen and oxygen atoms in total. The van der Waals surface area contributed by atoms with E-state index >= 15 is 0 Å². The van der Waals surface area contributed by atoms with Crippen molar-refractivity contribution >= 4 is 12.0 Å². The van der Waals surface area contributed by atoms with Gasteiger partial charge in [-0.2, -0.15) is 5.10 Å². The summed E-state index contributed by atoms with van der Waals surface area (Å²) < 4.78 is 6.09. The molecule has 15 heavy (non-hydrogen) atoms. The average Bonchev–Trinajstić information content (AvgIpc) is 2.59. The van der Waals surface area contributed by atoms with Crippen LogP contribution in [0, 0.1) is 0 Å². The van der Waals surface area contributed by atoms with Crippen molar-refractivity contribution in [2.45, 2.75) is 6.42 Å². The molecule has 0 aromatic carbocycles. The number of hydrogen-bond acceptors (Lipinski definition) is 5. The minimum atomic E-state index is -0.485. The van der Waals surface area contributed by atoms with Gasteiger partial charge in [0.05, 0.1) is 13.7 Å². The molecular formula is C9H11N3O3. The third-order valence-corrected chi connectivity index (χ3v) is 1.84. The molecule has 80 valence electrons. The highest BCUT2D eigenvalue weighted by Crippen LogP contribution is 2.08. The second kappa shape index (κ2) is 5.07. The Balaban J connectivity index is 2.85. The molecule has 0 bridgehead atoms. The van der Waals surface area contributed by atoms with E-state index < -0.39 is 5.97 Å². The first-order valence-corrected chi connectivity index (χ1v) is 4.33. The minimum Gasteiger partial charge on any atom is -0.464 e. The third kappa shape index (κ3) is 2.75. The summed E-state index contributed by atoms with van der Waals surface area (Å²) in [6, 6.07) is 0. The van der Waals surface area contributed by atoms with Gasteiger partial charge in [0.15, 0.2) is 5.69 Å². The number of aliphatic imine (C=N–C) groups is 1. The Morgan fingerprint density at radius 3 is 3.07 bits per heavy atom. The fourth-order valence-electron chi connectivity index (χ4n) is 1.21. The zero-order chi connectivity index (χ0) is 11.3. The monoisotopic (exact) mass is 209 g/mol. The van der Waals surface area contributed by atoms with Crippen molar-refractivity contribution in [3.05, 3.63) is 17.5 Å². The van der Waals surface area contributed by atoms with Gasteiger partial charge >= 0.3 is 5.97 Å². The second-order valence-corrected chi connectivity index (χ2v) is 2.89. The van der Waals surface area contributed by atoms with E-state index in [2.05, 4.69) is 14.8 Å². The summed E-state index contributed by atoms with van der Waals surface area (Å²) in [5, 5.41) is 3.96. The van der Waals surface area contributed by atoms with Crippen LogP contribution in [0.5, 0.6) is 0 Å². The molecule has 1 aromatic rings. The number of esters is 1. The van der Waals surface area contributed by atoms with E-state index in [0.717, 1.165) is 0 Å². The molecule has 0 radical (unpaired) electrons. The van der Waals surface area contributed by atoms with Gasteiger partial charge in [0.25, 0.3) is 0 Å². The van der Waals surface area contributed by atoms with E-state index in [1.807, 2.05) is 0 Å². The van der Waals surface area contributed by atoms with Crippen LogP contribution in [0.15, 0.2) is 11.2 Å². The van der Waals surface area contributed by atoms with Crippen LogP contribution in [0.25, 0.3) is 0 Å². The molecule has 0 amide bonds. The molecule has 1 heterocycles. The summed E-state index contributed by atoms with van der Waals surface area (Å²) in [7, 11) is 3.00. The number of rotatable bonds is 4. The molecule has 0 saturated heterocycles. The predicted octanol–water partition coefficient (Wildman–Crippen LogP) is 0.0850. The van der Waals surface area contributed by atoms with Crippen LogP contribution in [-0.4, -0.2) is 35.5 Å². The van der Waals surface area contributed by atoms with Gasteiger partial charge < -0.3 is 4.74 Å². The average molecular weight is 209 g/mol. The lowest BCUT2D eigenvalue weighted by Gasteiger charge is -1.97. The summed E-state index contributed by atoms with van der Waals surface area (Å²) in [6.45, 7) is 0.291. The molecule has 0 N–H and O–H groups in total. The highest BCUT2D eigenvalue weighted by Gasteiger charge is 2.15. The molecule has 0 fully saturated rings. The second-order valence-electron chi connectivity index (χ2n) is 2.89. The number of carbonyl (C=O) groups is 1. The minimum absolute atomic E-state index is 0.265. The maximum Gasteiger partial charge on any atom is 0.358 e. The van der Waals surface area contributed by atoms with E-state index in [-0.39, 0.29) is 5.69 Å². The molecule has 1 rings (SSSR count). The summed E-state index contributed by atoms with van der Waals surface area (Å²) >= 11 is 0. The number of isocyanates is 1. The standard InChI is InChI=1S/C9H11N3O3/c1-12-5-7(3-4-10-6-13)8(11-12)9(14)15-2/h5H,3-4H2,1-2H3. The van der Waals surface area contributed by atoms with Gasteiger partial charge in [-0.25, -0.2) is 14.6 Å². The van der Waals surface area contributed by atoms with Crippen molar-refractivity contribution in [1.82, 2.24) is 9.78 Å². The van der Waals surface area contributed by atoms with E-state index in [4.69, 9.17) is 0 Å². The molecule has 0 aliphatic heterocycles. The highest BCUT2D eigenvalue weighted by molar-refractivity contribution is 5.88. The molecule has 0 saturated carbocycles. The summed E-state index contributed by atoms with van der Waals surface area (Å²) in [4.78, 5) is 24.6. The number of nitrogens with zero attached hydrogens (tertiary/aromatic N) is 3. The Morgan fingerprint density at radius 2 is 2.47 bits per heavy atom. The predicted molar refractivity (Wildman–Crippen MR) is 51.2 cm³/mol. The van der Waals surface area contributed by atoms with Crippen LogP contribution >= 0.6 is 0 Å². The fraction of sp³-hybridized carbons (Fsp3) is 0.444. The van der Waals surface area contributed by atoms with Crippen molar-refractivity contribution in [1.29, 1.82) is 0 Å². The first kappa shape index (κ1) is 11.1. The lowest BCUT2D eigenvalue weighted by atomic mass is 10.2. The lowest BCUT2D eigenvalue weighted by molar-refractivity contribution is 0.0592. The Kier molecular flexibility index (Phi) is 3.76. The quantitative estimate of drug-likeness (QED) is 0.400. The van der Waals surface area contributed by atoms with Crippen LogP contribution in [0.2, 0.25) is 0 Å². The smallest absolute Gasteiger partial charge is 0.358 e. The summed E-state index contributed by atoms with van der Waals surface area (Å²) in [5.74, 6) is -0.485.